The molecule has 2 heterocycles. The molecule has 4 heteroatoms. The monoisotopic (exact) mass is 405 g/mol. The molecule has 4 nitrogen and oxygen atoms in total. The van der Waals surface area contributed by atoms with E-state index in [9.17, 15) is 5.11 Å². The van der Waals surface area contributed by atoms with E-state index in [1.807, 2.05) is 13.1 Å². The fraction of sp³-hybridized carbons (Fsp3) is 0.615. The van der Waals surface area contributed by atoms with Gasteiger partial charge in [-0.1, -0.05) is 58.4 Å². The molecule has 1 saturated heterocycles. The molecule has 0 spiro atoms. The number of rotatable bonds is 2. The van der Waals surface area contributed by atoms with Gasteiger partial charge in [-0.15, -0.1) is 6.58 Å². The van der Waals surface area contributed by atoms with Crippen LogP contribution >= 0.6 is 0 Å². The summed E-state index contributed by atoms with van der Waals surface area (Å²) in [6.45, 7) is 15.6. The zero-order valence-electron chi connectivity index (χ0n) is 19.0. The number of nitrogens with one attached hydrogen (secondary N) is 1. The maximum Gasteiger partial charge on any atom is 0.0936 e. The molecule has 2 N–H and O–H groups in total. The Morgan fingerprint density at radius 1 is 1.17 bits per heavy atom. The lowest BCUT2D eigenvalue weighted by molar-refractivity contribution is -0.170. The van der Waals surface area contributed by atoms with E-state index in [4.69, 9.17) is 10.1 Å². The molecule has 6 rings (SSSR count). The van der Waals surface area contributed by atoms with E-state index in [0.29, 0.717) is 0 Å². The second kappa shape index (κ2) is 5.06. The van der Waals surface area contributed by atoms with Crippen molar-refractivity contribution in [2.45, 2.75) is 81.6 Å². The second-order valence-corrected chi connectivity index (χ2v) is 11.5. The van der Waals surface area contributed by atoms with E-state index in [0.717, 1.165) is 29.6 Å². The lowest BCUT2D eigenvalue weighted by Gasteiger charge is -2.72. The maximum absolute atomic E-state index is 13.2. The van der Waals surface area contributed by atoms with E-state index < -0.39 is 11.1 Å². The van der Waals surface area contributed by atoms with E-state index in [2.05, 4.69) is 64.4 Å². The van der Waals surface area contributed by atoms with Gasteiger partial charge in [0.05, 0.1) is 17.8 Å². The van der Waals surface area contributed by atoms with Gasteiger partial charge in [0.2, 0.25) is 0 Å². The van der Waals surface area contributed by atoms with Crippen LogP contribution in [-0.4, -0.2) is 34.9 Å². The third-order valence-electron chi connectivity index (χ3n) is 9.74. The quantitative estimate of drug-likeness (QED) is 0.542. The highest BCUT2D eigenvalue weighted by Crippen LogP contribution is 2.74. The van der Waals surface area contributed by atoms with Crippen LogP contribution < -0.4 is 0 Å². The van der Waals surface area contributed by atoms with Crippen molar-refractivity contribution in [1.82, 2.24) is 4.98 Å². The largest absolute Gasteiger partial charge is 0.654 e. The predicted molar refractivity (Wildman–Crippen MR) is 120 cm³/mol. The van der Waals surface area contributed by atoms with Crippen LogP contribution in [-0.2, 0) is 21.2 Å². The fourth-order valence-electron chi connectivity index (χ4n) is 8.10. The lowest BCUT2D eigenvalue weighted by Crippen LogP contribution is -2.71. The third kappa shape index (κ3) is 1.62. The number of likely N-dealkylation sites (N-methyl/N-ethyl adjacent to an activating group) is 1. The van der Waals surface area contributed by atoms with Gasteiger partial charge < -0.3 is 20.1 Å². The lowest BCUT2D eigenvalue weighted by atomic mass is 9.43. The van der Waals surface area contributed by atoms with Crippen LogP contribution in [0.25, 0.3) is 16.2 Å². The summed E-state index contributed by atoms with van der Waals surface area (Å²) in [4.78, 5) is 3.75. The molecule has 3 aliphatic carbocycles. The number of ether oxygens (including phenoxy) is 1. The molecular formula is C26H33N2O2-. The number of aliphatic hydroxyl groups is 1. The molecule has 0 bridgehead atoms. The Hall–Kier alpha value is -1.62. The Morgan fingerprint density at radius 3 is 2.57 bits per heavy atom. The highest BCUT2D eigenvalue weighted by molar-refractivity contribution is 5.92. The highest BCUT2D eigenvalue weighted by Gasteiger charge is 2.76. The number of nitrogens with zero attached hydrogens (tertiary/aromatic N) is 1. The Morgan fingerprint density at radius 2 is 1.90 bits per heavy atom. The van der Waals surface area contributed by atoms with Crippen LogP contribution in [0.15, 0.2) is 30.9 Å². The van der Waals surface area contributed by atoms with Crippen LogP contribution in [0.4, 0.5) is 0 Å². The minimum Gasteiger partial charge on any atom is -0.654 e. The molecule has 1 aliphatic heterocycles. The summed E-state index contributed by atoms with van der Waals surface area (Å²) in [7, 11) is 1.89. The van der Waals surface area contributed by atoms with Crippen LogP contribution in [0, 0.1) is 11.3 Å². The van der Waals surface area contributed by atoms with Crippen LogP contribution in [0.5, 0.6) is 0 Å². The van der Waals surface area contributed by atoms with Crippen molar-refractivity contribution >= 4 is 10.9 Å². The number of hydrogen-bond acceptors (Lipinski definition) is 2. The predicted octanol–water partition coefficient (Wildman–Crippen LogP) is 5.05. The van der Waals surface area contributed by atoms with Crippen molar-refractivity contribution in [3.05, 3.63) is 53.0 Å². The van der Waals surface area contributed by atoms with Gasteiger partial charge in [0, 0.05) is 33.5 Å². The average Bonchev–Trinajstić information content (AvgIpc) is 3.40. The van der Waals surface area contributed by atoms with Gasteiger partial charge in [-0.05, 0) is 35.3 Å². The van der Waals surface area contributed by atoms with Crippen LogP contribution in [0.1, 0.15) is 64.3 Å². The van der Waals surface area contributed by atoms with Gasteiger partial charge >= 0.3 is 0 Å². The molecular weight excluding hydrogens is 372 g/mol. The van der Waals surface area contributed by atoms with Crippen LogP contribution in [0.2, 0.25) is 0 Å². The highest BCUT2D eigenvalue weighted by atomic mass is 16.6. The van der Waals surface area contributed by atoms with Gasteiger partial charge in [0.15, 0.2) is 0 Å². The third-order valence-corrected chi connectivity index (χ3v) is 9.74. The van der Waals surface area contributed by atoms with Crippen molar-refractivity contribution in [2.24, 2.45) is 11.3 Å². The first-order valence-corrected chi connectivity index (χ1v) is 11.3. The number of epoxide rings is 1. The van der Waals surface area contributed by atoms with Gasteiger partial charge in [0.1, 0.15) is 0 Å². The van der Waals surface area contributed by atoms with Crippen molar-refractivity contribution in [3.8, 4) is 0 Å². The van der Waals surface area contributed by atoms with Gasteiger partial charge in [-0.3, -0.25) is 0 Å². The summed E-state index contributed by atoms with van der Waals surface area (Å²) in [6.07, 6.45) is 3.82. The van der Waals surface area contributed by atoms with Crippen molar-refractivity contribution in [1.29, 1.82) is 0 Å². The summed E-state index contributed by atoms with van der Waals surface area (Å²) in [5, 5.41) is 19.5. The molecule has 2 fully saturated rings. The SMILES string of the molecule is C=C[C@]1(C)CC[C@H]2C(C)(C)c3cccc4[nH]c5c(c34)[C@]2(O)[C@@]1([N-]C)[C@@H]1O[C@@H]1C5(C)C. The first kappa shape index (κ1) is 19.1. The Kier molecular flexibility index (Phi) is 3.22. The summed E-state index contributed by atoms with van der Waals surface area (Å²) in [6, 6.07) is 6.56. The minimum atomic E-state index is -1.12. The Bertz CT molecular complexity index is 1110. The van der Waals surface area contributed by atoms with Crippen molar-refractivity contribution in [3.63, 3.8) is 0 Å². The fourth-order valence-corrected chi connectivity index (χ4v) is 8.10. The number of fused-ring (bicyclic) bond motifs is 2. The van der Waals surface area contributed by atoms with Gasteiger partial charge in [-0.25, -0.2) is 0 Å². The first-order chi connectivity index (χ1) is 14.0. The number of hydrogen-bond donors (Lipinski definition) is 2. The van der Waals surface area contributed by atoms with E-state index in [-0.39, 0.29) is 34.4 Å². The summed E-state index contributed by atoms with van der Waals surface area (Å²) >= 11 is 0. The van der Waals surface area contributed by atoms with Gasteiger partial charge in [0.25, 0.3) is 0 Å². The topological polar surface area (TPSA) is 62.6 Å². The normalized spacial score (nSPS) is 44.3. The Balaban J connectivity index is 1.86. The standard InChI is InChI=1S/C26H33N2O2/c1-8-24(6)13-12-16-22(2,3)14-10-9-11-15-17(14)18-19(28-15)23(4,5)20-21(30-20)26(24,27-7)25(16,18)29/h8-11,16,20-21,28-29H,1,12-13H2,2-7H3/q-1/t16-,20-,21+,24+,25-,26+/m0/s1. The number of benzene rings is 1. The number of H-pyrrole nitrogens is 1. The Labute approximate surface area is 179 Å². The second-order valence-electron chi connectivity index (χ2n) is 11.5. The molecule has 160 valence electrons. The average molecular weight is 406 g/mol. The maximum atomic E-state index is 13.2. The summed E-state index contributed by atoms with van der Waals surface area (Å²) in [5.74, 6) is 0.0492. The smallest absolute Gasteiger partial charge is 0.0936 e. The number of aromatic nitrogens is 1. The molecule has 6 atom stereocenters. The van der Waals surface area contributed by atoms with Gasteiger partial charge in [-0.2, -0.15) is 7.05 Å². The zero-order chi connectivity index (χ0) is 21.5. The van der Waals surface area contributed by atoms with E-state index in [1.165, 1.54) is 10.9 Å². The summed E-state index contributed by atoms with van der Waals surface area (Å²) < 4.78 is 6.47. The van der Waals surface area contributed by atoms with E-state index in [1.54, 1.807) is 0 Å². The zero-order valence-corrected chi connectivity index (χ0v) is 19.0. The summed E-state index contributed by atoms with van der Waals surface area (Å²) in [5.41, 5.74) is 1.99. The molecule has 1 aromatic heterocycles. The molecule has 4 aliphatic rings. The molecule has 1 saturated carbocycles. The number of aromatic amines is 1. The molecule has 0 unspecified atom stereocenters. The molecule has 0 radical (unpaired) electrons. The van der Waals surface area contributed by atoms with Crippen molar-refractivity contribution < 1.29 is 9.84 Å². The molecule has 1 aromatic carbocycles. The van der Waals surface area contributed by atoms with E-state index >= 15 is 0 Å². The van der Waals surface area contributed by atoms with Crippen molar-refractivity contribution in [2.75, 3.05) is 7.05 Å². The minimum absolute atomic E-state index is 0.0183. The van der Waals surface area contributed by atoms with Crippen LogP contribution in [0.3, 0.4) is 0 Å². The molecule has 0 amide bonds. The molecule has 30 heavy (non-hydrogen) atoms. The molecule has 2 aromatic rings. The first-order valence-electron chi connectivity index (χ1n) is 11.3.